The molecule has 0 spiro atoms. The largest absolute Gasteiger partial charge is 0.450 e. The van der Waals surface area contributed by atoms with Gasteiger partial charge in [0, 0.05) is 50.5 Å². The van der Waals surface area contributed by atoms with Crippen molar-refractivity contribution in [1.82, 2.24) is 35.6 Å². The monoisotopic (exact) mass is 770 g/mol. The number of thiocarbonyl (C=S) groups is 1. The number of hydrogen-bond acceptors (Lipinski definition) is 13. The lowest BCUT2D eigenvalue weighted by atomic mass is 9.95. The van der Waals surface area contributed by atoms with Gasteiger partial charge in [-0.1, -0.05) is 11.3 Å². The number of nitrogens with two attached hydrogens (primary N) is 2. The number of hydrogen-bond donors (Lipinski definition) is 5. The zero-order valence-electron chi connectivity index (χ0n) is 29.4. The third-order valence-electron chi connectivity index (χ3n) is 8.44. The number of aromatic nitrogens is 2. The van der Waals surface area contributed by atoms with Gasteiger partial charge in [-0.15, -0.1) is 10.2 Å². The highest BCUT2D eigenvalue weighted by atomic mass is 32.1. The molecule has 0 aromatic carbocycles. The number of hydrazine groups is 1. The number of anilines is 1. The first-order valence-corrected chi connectivity index (χ1v) is 18.4. The highest BCUT2D eigenvalue weighted by Crippen LogP contribution is 2.23. The number of carbonyl (C=O) groups is 3. The molecule has 3 fully saturated rings. The number of ether oxygens (including phenoxy) is 3. The van der Waals surface area contributed by atoms with Gasteiger partial charge in [-0.2, -0.15) is 0 Å². The van der Waals surface area contributed by atoms with Gasteiger partial charge in [0.25, 0.3) is 0 Å². The zero-order valence-corrected chi connectivity index (χ0v) is 31.1. The predicted molar refractivity (Wildman–Crippen MR) is 190 cm³/mol. The lowest BCUT2D eigenvalue weighted by Crippen LogP contribution is -2.49. The summed E-state index contributed by atoms with van der Waals surface area (Å²) >= 11 is 6.19. The van der Waals surface area contributed by atoms with E-state index in [0.29, 0.717) is 83.5 Å². The van der Waals surface area contributed by atoms with Gasteiger partial charge in [-0.25, -0.2) is 33.4 Å². The van der Waals surface area contributed by atoms with Crippen molar-refractivity contribution in [1.29, 1.82) is 0 Å². The van der Waals surface area contributed by atoms with E-state index in [1.807, 2.05) is 0 Å². The van der Waals surface area contributed by atoms with Crippen LogP contribution in [0.5, 0.6) is 0 Å². The summed E-state index contributed by atoms with van der Waals surface area (Å²) in [5.41, 5.74) is 9.30. The smallest absolute Gasteiger partial charge is 0.409 e. The Bertz CT molecular complexity index is 1180. The van der Waals surface area contributed by atoms with Gasteiger partial charge in [-0.3, -0.25) is 0 Å². The average molecular weight is 771 g/mol. The second-order valence-corrected chi connectivity index (χ2v) is 13.1. The number of nitrogens with zero attached hydrogens (tertiary/aromatic N) is 5. The van der Waals surface area contributed by atoms with Crippen molar-refractivity contribution in [3.63, 3.8) is 0 Å². The molecular formula is C30H53F3N10O6S2. The van der Waals surface area contributed by atoms with Crippen LogP contribution in [0.15, 0.2) is 5.51 Å². The fourth-order valence-corrected chi connectivity index (χ4v) is 6.01. The molecule has 4 heterocycles. The number of nitrogens with one attached hydrogen (secondary N) is 3. The number of alkyl halides is 3. The second-order valence-electron chi connectivity index (χ2n) is 11.8. The van der Waals surface area contributed by atoms with E-state index in [0.717, 1.165) is 0 Å². The van der Waals surface area contributed by atoms with Crippen LogP contribution < -0.4 is 27.6 Å². The number of piperidine rings is 3. The van der Waals surface area contributed by atoms with Crippen LogP contribution in [0.25, 0.3) is 0 Å². The fraction of sp³-hybridized carbons (Fsp3) is 0.800. The van der Waals surface area contributed by atoms with E-state index >= 15 is 0 Å². The first-order valence-electron chi connectivity index (χ1n) is 17.1. The summed E-state index contributed by atoms with van der Waals surface area (Å²) in [4.78, 5) is 38.4. The Morgan fingerprint density at radius 1 is 0.824 bits per heavy atom. The first kappa shape index (κ1) is 43.7. The molecule has 16 nitrogen and oxygen atoms in total. The second kappa shape index (κ2) is 23.9. The molecule has 1 aromatic heterocycles. The maximum Gasteiger partial charge on any atom is 0.409 e. The Morgan fingerprint density at radius 2 is 1.25 bits per heavy atom. The van der Waals surface area contributed by atoms with Crippen LogP contribution >= 0.6 is 23.6 Å². The van der Waals surface area contributed by atoms with E-state index in [1.165, 1.54) is 26.0 Å². The molecule has 0 radical (unpaired) electrons. The highest BCUT2D eigenvalue weighted by molar-refractivity contribution is 7.80. The molecule has 51 heavy (non-hydrogen) atoms. The van der Waals surface area contributed by atoms with Gasteiger partial charge >= 0.3 is 18.3 Å². The van der Waals surface area contributed by atoms with Crippen LogP contribution in [0.4, 0.5) is 32.7 Å². The Morgan fingerprint density at radius 3 is 1.61 bits per heavy atom. The Balaban J connectivity index is 0.000000268. The van der Waals surface area contributed by atoms with Crippen LogP contribution in [-0.2, 0) is 14.2 Å². The van der Waals surface area contributed by atoms with E-state index < -0.39 is 36.8 Å². The molecule has 3 aliphatic rings. The van der Waals surface area contributed by atoms with Crippen molar-refractivity contribution < 1.29 is 41.8 Å². The Kier molecular flexibility index (Phi) is 20.5. The summed E-state index contributed by atoms with van der Waals surface area (Å²) in [5, 5.41) is 14.4. The highest BCUT2D eigenvalue weighted by Gasteiger charge is 2.34. The summed E-state index contributed by atoms with van der Waals surface area (Å²) in [6.45, 7) is 9.23. The van der Waals surface area contributed by atoms with Crippen LogP contribution in [0.2, 0.25) is 0 Å². The molecule has 1 aromatic rings. The summed E-state index contributed by atoms with van der Waals surface area (Å²) in [6, 6.07) is 0. The lowest BCUT2D eigenvalue weighted by molar-refractivity contribution is 0.0586. The van der Waals surface area contributed by atoms with Crippen molar-refractivity contribution in [2.45, 2.75) is 58.5 Å². The number of rotatable bonds is 9. The van der Waals surface area contributed by atoms with E-state index in [-0.39, 0.29) is 42.5 Å². The number of likely N-dealkylation sites (tertiary alicyclic amines) is 3. The molecule has 0 saturated carbocycles. The van der Waals surface area contributed by atoms with Gasteiger partial charge in [0.2, 0.25) is 5.13 Å². The van der Waals surface area contributed by atoms with Crippen LogP contribution in [0.1, 0.15) is 40.0 Å². The summed E-state index contributed by atoms with van der Waals surface area (Å²) in [6.07, 6.45) is -2.65. The molecular weight excluding hydrogens is 718 g/mol. The fourth-order valence-electron chi connectivity index (χ4n) is 5.47. The van der Waals surface area contributed by atoms with Crippen molar-refractivity contribution in [2.24, 2.45) is 29.3 Å². The predicted octanol–water partition coefficient (Wildman–Crippen LogP) is 2.67. The van der Waals surface area contributed by atoms with E-state index in [2.05, 4.69) is 26.3 Å². The molecule has 3 amide bonds. The maximum atomic E-state index is 14.0. The number of halogens is 3. The van der Waals surface area contributed by atoms with Gasteiger partial charge < -0.3 is 50.7 Å². The summed E-state index contributed by atoms with van der Waals surface area (Å²) in [7, 11) is 0. The van der Waals surface area contributed by atoms with Crippen LogP contribution in [0, 0.1) is 17.8 Å². The SMILES string of the molecule is CCOC(=O)N1CCC(CN)C(F)C1.CCOC(=O)N1CCC(CNC(=S)NN)C(F)C1.CCOC(=O)N1CCC(CNc2nncs2)C(F)C1. The Labute approximate surface area is 306 Å². The molecule has 4 rings (SSSR count). The minimum atomic E-state index is -1.09. The molecule has 0 aliphatic carbocycles. The minimum Gasteiger partial charge on any atom is -0.450 e. The third kappa shape index (κ3) is 15.4. The normalized spacial score (nSPS) is 24.4. The topological polar surface area (TPSA) is 203 Å². The molecule has 3 saturated heterocycles. The van der Waals surface area contributed by atoms with Crippen molar-refractivity contribution in [3.05, 3.63) is 5.51 Å². The standard InChI is InChI=1S/C11H17FN4O2S.C10H19FN4O2S.C9H17FN2O2/c1-2-18-11(17)16-4-3-8(9(12)6-16)5-13-10-15-14-7-19-10;1-2-17-10(16)15-4-3-7(8(11)6-15)5-13-9(18)14-12;1-2-14-9(13)12-4-3-7(5-11)8(10)6-12/h7-9H,2-6H2,1H3,(H,13,15);7-8H,2-6,12H2,1H3,(H2,13,14,18);7-8H,2-6,11H2,1H3. The number of amides is 3. The molecule has 7 N–H and O–H groups in total. The van der Waals surface area contributed by atoms with Gasteiger partial charge in [0.15, 0.2) is 5.11 Å². The van der Waals surface area contributed by atoms with E-state index in [4.69, 9.17) is 38.0 Å². The van der Waals surface area contributed by atoms with Gasteiger partial charge in [-0.05, 0) is 58.8 Å². The Hall–Kier alpha value is -3.43. The maximum absolute atomic E-state index is 14.0. The summed E-state index contributed by atoms with van der Waals surface area (Å²) < 4.78 is 55.7. The lowest BCUT2D eigenvalue weighted by Gasteiger charge is -2.34. The zero-order chi connectivity index (χ0) is 37.8. The molecule has 21 heteroatoms. The number of carbonyl (C=O) groups excluding carboxylic acids is 3. The molecule has 292 valence electrons. The van der Waals surface area contributed by atoms with Crippen molar-refractivity contribution >= 4 is 52.1 Å². The van der Waals surface area contributed by atoms with Crippen molar-refractivity contribution in [2.75, 3.05) is 84.0 Å². The minimum absolute atomic E-state index is 0.0635. The van der Waals surface area contributed by atoms with Crippen LogP contribution in [-0.4, -0.2) is 146 Å². The molecule has 3 aliphatic heterocycles. The quantitative estimate of drug-likeness (QED) is 0.106. The van der Waals surface area contributed by atoms with Crippen molar-refractivity contribution in [3.8, 4) is 0 Å². The summed E-state index contributed by atoms with van der Waals surface area (Å²) in [5.74, 6) is 4.70. The average Bonchev–Trinajstić information content (AvgIpc) is 3.65. The van der Waals surface area contributed by atoms with Gasteiger partial charge in [0.05, 0.1) is 39.5 Å². The van der Waals surface area contributed by atoms with Crippen LogP contribution in [0.3, 0.4) is 0 Å². The van der Waals surface area contributed by atoms with E-state index in [9.17, 15) is 27.6 Å². The van der Waals surface area contributed by atoms with Gasteiger partial charge in [0.1, 0.15) is 24.0 Å². The van der Waals surface area contributed by atoms with E-state index in [1.54, 1.807) is 26.3 Å². The third-order valence-corrected chi connectivity index (χ3v) is 9.35. The molecule has 0 bridgehead atoms. The first-order chi connectivity index (χ1) is 24.5. The molecule has 6 atom stereocenters. The molecule has 6 unspecified atom stereocenters.